The van der Waals surface area contributed by atoms with Gasteiger partial charge in [0.1, 0.15) is 5.82 Å². The highest BCUT2D eigenvalue weighted by Gasteiger charge is 2.17. The molecule has 0 aliphatic carbocycles. The molecule has 0 saturated carbocycles. The van der Waals surface area contributed by atoms with Gasteiger partial charge in [-0.25, -0.2) is 4.98 Å². The fraction of sp³-hybridized carbons (Fsp3) is 0.167. The number of anilines is 1. The standard InChI is InChI=1S/C12H14N6S/c13-12-7(6-15-18-12)9(17-14)5-11-16-8-3-1-2-4-10(8)19-11/h1-4,6,9,17H,5,14H2,(H3,13,15,18). The van der Waals surface area contributed by atoms with E-state index in [-0.39, 0.29) is 6.04 Å². The van der Waals surface area contributed by atoms with Crippen molar-refractivity contribution < 1.29 is 0 Å². The smallest absolute Gasteiger partial charge is 0.123 e. The Bertz CT molecular complexity index is 655. The predicted octanol–water partition coefficient (Wildman–Crippen LogP) is 1.35. The number of hydrazine groups is 1. The van der Waals surface area contributed by atoms with Crippen molar-refractivity contribution in [1.82, 2.24) is 20.6 Å². The van der Waals surface area contributed by atoms with Crippen molar-refractivity contribution in [1.29, 1.82) is 0 Å². The molecule has 2 heterocycles. The molecule has 98 valence electrons. The maximum atomic E-state index is 5.82. The Balaban J connectivity index is 1.88. The monoisotopic (exact) mass is 274 g/mol. The zero-order chi connectivity index (χ0) is 13.2. The molecule has 2 aromatic heterocycles. The van der Waals surface area contributed by atoms with E-state index >= 15 is 0 Å². The molecule has 1 atom stereocenters. The Morgan fingerprint density at radius 1 is 1.37 bits per heavy atom. The second kappa shape index (κ2) is 4.96. The number of thiazole rings is 1. The maximum absolute atomic E-state index is 5.82. The summed E-state index contributed by atoms with van der Waals surface area (Å²) >= 11 is 1.67. The van der Waals surface area contributed by atoms with Crippen molar-refractivity contribution in [3.05, 3.63) is 41.0 Å². The van der Waals surface area contributed by atoms with E-state index in [1.54, 1.807) is 17.5 Å². The van der Waals surface area contributed by atoms with Crippen LogP contribution in [0.15, 0.2) is 30.5 Å². The van der Waals surface area contributed by atoms with Crippen molar-refractivity contribution in [3.8, 4) is 0 Å². The maximum Gasteiger partial charge on any atom is 0.123 e. The van der Waals surface area contributed by atoms with Gasteiger partial charge in [0.05, 0.1) is 27.5 Å². The second-order valence-electron chi connectivity index (χ2n) is 4.24. The summed E-state index contributed by atoms with van der Waals surface area (Å²) in [6.07, 6.45) is 2.37. The first kappa shape index (κ1) is 12.1. The topological polar surface area (TPSA) is 106 Å². The minimum Gasteiger partial charge on any atom is -0.384 e. The normalized spacial score (nSPS) is 12.9. The number of rotatable bonds is 4. The molecule has 3 aromatic rings. The van der Waals surface area contributed by atoms with Crippen LogP contribution in [0.3, 0.4) is 0 Å². The lowest BCUT2D eigenvalue weighted by Gasteiger charge is -2.13. The van der Waals surface area contributed by atoms with Crippen molar-refractivity contribution >= 4 is 27.4 Å². The van der Waals surface area contributed by atoms with E-state index in [0.717, 1.165) is 16.1 Å². The van der Waals surface area contributed by atoms with Gasteiger partial charge in [0.2, 0.25) is 0 Å². The average Bonchev–Trinajstić information content (AvgIpc) is 3.01. The van der Waals surface area contributed by atoms with Gasteiger partial charge in [-0.1, -0.05) is 12.1 Å². The molecular formula is C12H14N6S. The Morgan fingerprint density at radius 2 is 2.21 bits per heavy atom. The fourth-order valence-electron chi connectivity index (χ4n) is 2.02. The van der Waals surface area contributed by atoms with Gasteiger partial charge in [-0.05, 0) is 12.1 Å². The van der Waals surface area contributed by atoms with E-state index in [0.29, 0.717) is 12.2 Å². The van der Waals surface area contributed by atoms with Crippen LogP contribution in [0, 0.1) is 0 Å². The summed E-state index contributed by atoms with van der Waals surface area (Å²) in [6, 6.07) is 7.97. The van der Waals surface area contributed by atoms with Crippen LogP contribution in [0.4, 0.5) is 5.82 Å². The Kier molecular flexibility index (Phi) is 3.16. The van der Waals surface area contributed by atoms with Crippen molar-refractivity contribution in [2.45, 2.75) is 12.5 Å². The number of nitrogens with zero attached hydrogens (tertiary/aromatic N) is 2. The number of nitrogens with two attached hydrogens (primary N) is 2. The third-order valence-corrected chi connectivity index (χ3v) is 4.05. The van der Waals surface area contributed by atoms with Gasteiger partial charge < -0.3 is 5.73 Å². The van der Waals surface area contributed by atoms with Gasteiger partial charge >= 0.3 is 0 Å². The van der Waals surface area contributed by atoms with E-state index in [1.807, 2.05) is 18.2 Å². The molecule has 1 aromatic carbocycles. The summed E-state index contributed by atoms with van der Waals surface area (Å²) in [7, 11) is 0. The number of H-pyrrole nitrogens is 1. The van der Waals surface area contributed by atoms with Crippen LogP contribution in [0.5, 0.6) is 0 Å². The van der Waals surface area contributed by atoms with Crippen LogP contribution in [0.25, 0.3) is 10.2 Å². The molecule has 0 spiro atoms. The van der Waals surface area contributed by atoms with Crippen LogP contribution in [0.2, 0.25) is 0 Å². The number of hydrogen-bond acceptors (Lipinski definition) is 6. The lowest BCUT2D eigenvalue weighted by molar-refractivity contribution is 0.553. The van der Waals surface area contributed by atoms with Crippen LogP contribution in [-0.2, 0) is 6.42 Å². The number of nitrogens with one attached hydrogen (secondary N) is 2. The number of aromatic nitrogens is 3. The molecule has 19 heavy (non-hydrogen) atoms. The van der Waals surface area contributed by atoms with Crippen molar-refractivity contribution in [2.24, 2.45) is 5.84 Å². The molecule has 7 heteroatoms. The van der Waals surface area contributed by atoms with Gasteiger partial charge in [-0.3, -0.25) is 16.4 Å². The highest BCUT2D eigenvalue weighted by Crippen LogP contribution is 2.27. The lowest BCUT2D eigenvalue weighted by Crippen LogP contribution is -2.29. The van der Waals surface area contributed by atoms with Crippen LogP contribution >= 0.6 is 11.3 Å². The molecule has 1 unspecified atom stereocenters. The Hall–Kier alpha value is -1.96. The van der Waals surface area contributed by atoms with Crippen LogP contribution < -0.4 is 17.0 Å². The summed E-state index contributed by atoms with van der Waals surface area (Å²) in [5.74, 6) is 6.14. The summed E-state index contributed by atoms with van der Waals surface area (Å²) in [5, 5.41) is 7.64. The Labute approximate surface area is 113 Å². The van der Waals surface area contributed by atoms with Gasteiger partial charge in [-0.2, -0.15) is 5.10 Å². The van der Waals surface area contributed by atoms with Crippen LogP contribution in [0.1, 0.15) is 16.6 Å². The molecule has 6 N–H and O–H groups in total. The van der Waals surface area contributed by atoms with E-state index in [9.17, 15) is 0 Å². The number of hydrogen-bond donors (Lipinski definition) is 4. The highest BCUT2D eigenvalue weighted by molar-refractivity contribution is 7.18. The van der Waals surface area contributed by atoms with Gasteiger partial charge in [0, 0.05) is 12.0 Å². The van der Waals surface area contributed by atoms with Crippen molar-refractivity contribution in [2.75, 3.05) is 5.73 Å². The number of aromatic amines is 1. The first-order chi connectivity index (χ1) is 9.28. The third-order valence-electron chi connectivity index (χ3n) is 2.99. The van der Waals surface area contributed by atoms with Crippen molar-refractivity contribution in [3.63, 3.8) is 0 Å². The molecule has 0 aliphatic rings. The minimum atomic E-state index is -0.0979. The van der Waals surface area contributed by atoms with Gasteiger partial charge in [-0.15, -0.1) is 11.3 Å². The number of para-hydroxylation sites is 1. The predicted molar refractivity (Wildman–Crippen MR) is 76.4 cm³/mol. The Morgan fingerprint density at radius 3 is 2.89 bits per heavy atom. The molecule has 0 aliphatic heterocycles. The number of nitrogen functional groups attached to an aromatic ring is 1. The first-order valence-corrected chi connectivity index (χ1v) is 6.69. The van der Waals surface area contributed by atoms with Crippen LogP contribution in [-0.4, -0.2) is 15.2 Å². The van der Waals surface area contributed by atoms with E-state index in [1.165, 1.54) is 4.70 Å². The number of fused-ring (bicyclic) bond motifs is 1. The third kappa shape index (κ3) is 2.30. The molecular weight excluding hydrogens is 260 g/mol. The molecule has 6 nitrogen and oxygen atoms in total. The van der Waals surface area contributed by atoms with E-state index < -0.39 is 0 Å². The molecule has 3 rings (SSSR count). The molecule has 0 fully saturated rings. The van der Waals surface area contributed by atoms with E-state index in [4.69, 9.17) is 11.6 Å². The SMILES string of the molecule is NNC(Cc1nc2ccccc2s1)c1cn[nH]c1N. The van der Waals surface area contributed by atoms with Gasteiger partial charge in [0.15, 0.2) is 0 Å². The second-order valence-corrected chi connectivity index (χ2v) is 5.35. The first-order valence-electron chi connectivity index (χ1n) is 5.87. The summed E-state index contributed by atoms with van der Waals surface area (Å²) in [6.45, 7) is 0. The molecule has 0 amide bonds. The lowest BCUT2D eigenvalue weighted by atomic mass is 10.1. The summed E-state index contributed by atoms with van der Waals surface area (Å²) < 4.78 is 1.17. The summed E-state index contributed by atoms with van der Waals surface area (Å²) in [5.41, 5.74) is 10.5. The largest absolute Gasteiger partial charge is 0.384 e. The fourth-order valence-corrected chi connectivity index (χ4v) is 3.04. The molecule has 0 saturated heterocycles. The highest BCUT2D eigenvalue weighted by atomic mass is 32.1. The molecule has 0 radical (unpaired) electrons. The molecule has 0 bridgehead atoms. The number of benzene rings is 1. The minimum absolute atomic E-state index is 0.0979. The zero-order valence-electron chi connectivity index (χ0n) is 10.1. The van der Waals surface area contributed by atoms with Gasteiger partial charge in [0.25, 0.3) is 0 Å². The quantitative estimate of drug-likeness (QED) is 0.424. The average molecular weight is 274 g/mol. The summed E-state index contributed by atoms with van der Waals surface area (Å²) in [4.78, 5) is 4.59. The van der Waals surface area contributed by atoms with E-state index in [2.05, 4.69) is 26.7 Å². The zero-order valence-corrected chi connectivity index (χ0v) is 10.9.